The lowest BCUT2D eigenvalue weighted by molar-refractivity contribution is 0.292. The van der Waals surface area contributed by atoms with Crippen molar-refractivity contribution in [2.24, 2.45) is 11.7 Å². The molecule has 3 nitrogen and oxygen atoms in total. The largest absolute Gasteiger partial charge is 0.384 e. The Balaban J connectivity index is 2.13. The third-order valence-corrected chi connectivity index (χ3v) is 4.48. The predicted octanol–water partition coefficient (Wildman–Crippen LogP) is 3.38. The number of hydrogen-bond acceptors (Lipinski definition) is 2. The summed E-state index contributed by atoms with van der Waals surface area (Å²) in [4.78, 5) is 2.41. The highest BCUT2D eigenvalue weighted by molar-refractivity contribution is 5.95. The Hall–Kier alpha value is -1.51. The summed E-state index contributed by atoms with van der Waals surface area (Å²) in [5.74, 6) is 0.949. The van der Waals surface area contributed by atoms with Crippen LogP contribution in [0.1, 0.15) is 44.6 Å². The Morgan fingerprint density at radius 1 is 1.26 bits per heavy atom. The second-order valence-corrected chi connectivity index (χ2v) is 5.59. The molecule has 0 bridgehead atoms. The normalized spacial score (nSPS) is 23.1. The highest BCUT2D eigenvalue weighted by Gasteiger charge is 2.27. The summed E-state index contributed by atoms with van der Waals surface area (Å²) in [7, 11) is 2.20. The molecular formula is C16H25N3. The van der Waals surface area contributed by atoms with Crippen LogP contribution in [0.25, 0.3) is 0 Å². The van der Waals surface area contributed by atoms with Crippen molar-refractivity contribution in [1.82, 2.24) is 0 Å². The van der Waals surface area contributed by atoms with Crippen LogP contribution >= 0.6 is 0 Å². The number of nitrogens with two attached hydrogens (primary N) is 1. The highest BCUT2D eigenvalue weighted by Crippen LogP contribution is 2.32. The van der Waals surface area contributed by atoms with Gasteiger partial charge in [0.1, 0.15) is 5.84 Å². The molecule has 3 heteroatoms. The zero-order chi connectivity index (χ0) is 13.8. The van der Waals surface area contributed by atoms with Gasteiger partial charge in [-0.3, -0.25) is 5.41 Å². The maximum absolute atomic E-state index is 7.43. The molecule has 0 radical (unpaired) electrons. The number of nitrogens with zero attached hydrogens (tertiary/aromatic N) is 1. The van der Waals surface area contributed by atoms with Gasteiger partial charge in [0.2, 0.25) is 0 Å². The van der Waals surface area contributed by atoms with Crippen LogP contribution < -0.4 is 10.6 Å². The van der Waals surface area contributed by atoms with Crippen LogP contribution in [0.15, 0.2) is 24.3 Å². The summed E-state index contributed by atoms with van der Waals surface area (Å²) in [5.41, 5.74) is 7.53. The van der Waals surface area contributed by atoms with Gasteiger partial charge in [-0.25, -0.2) is 0 Å². The van der Waals surface area contributed by atoms with Gasteiger partial charge in [-0.15, -0.1) is 0 Å². The van der Waals surface area contributed by atoms with Crippen molar-refractivity contribution in [1.29, 1.82) is 5.41 Å². The van der Waals surface area contributed by atoms with E-state index in [1.807, 2.05) is 12.1 Å². The van der Waals surface area contributed by atoms with Crippen molar-refractivity contribution < 1.29 is 0 Å². The Morgan fingerprint density at radius 2 is 1.89 bits per heavy atom. The number of rotatable bonds is 4. The minimum atomic E-state index is 0.137. The Kier molecular flexibility index (Phi) is 4.46. The predicted molar refractivity (Wildman–Crippen MR) is 81.9 cm³/mol. The first kappa shape index (κ1) is 13.9. The molecule has 2 rings (SSSR count). The second kappa shape index (κ2) is 6.09. The van der Waals surface area contributed by atoms with E-state index in [0.717, 1.165) is 11.5 Å². The molecule has 1 aliphatic carbocycles. The summed E-state index contributed by atoms with van der Waals surface area (Å²) >= 11 is 0. The van der Waals surface area contributed by atoms with E-state index in [1.165, 1.54) is 37.8 Å². The first-order valence-electron chi connectivity index (χ1n) is 7.30. The lowest BCUT2D eigenvalue weighted by Gasteiger charge is -2.39. The van der Waals surface area contributed by atoms with Crippen LogP contribution in [0.4, 0.5) is 5.69 Å². The zero-order valence-corrected chi connectivity index (χ0v) is 12.0. The molecular weight excluding hydrogens is 234 g/mol. The Labute approximate surface area is 116 Å². The first-order valence-corrected chi connectivity index (χ1v) is 7.30. The second-order valence-electron chi connectivity index (χ2n) is 5.59. The topological polar surface area (TPSA) is 53.1 Å². The van der Waals surface area contributed by atoms with Crippen LogP contribution in [-0.4, -0.2) is 18.9 Å². The smallest absolute Gasteiger partial charge is 0.122 e. The van der Waals surface area contributed by atoms with E-state index >= 15 is 0 Å². The standard InChI is InChI=1S/C16H25N3/c1-3-12-6-4-5-7-15(12)19(2)14-10-8-13(9-11-14)16(17)18/h8-12,15H,3-7H2,1-2H3,(H3,17,18). The molecule has 1 saturated carbocycles. The van der Waals surface area contributed by atoms with E-state index in [1.54, 1.807) is 0 Å². The number of nitrogens with one attached hydrogen (secondary N) is 1. The van der Waals surface area contributed by atoms with Gasteiger partial charge in [0, 0.05) is 24.3 Å². The fourth-order valence-electron chi connectivity index (χ4n) is 3.24. The van der Waals surface area contributed by atoms with Crippen molar-refractivity contribution in [3.05, 3.63) is 29.8 Å². The summed E-state index contributed by atoms with van der Waals surface area (Å²) in [6.07, 6.45) is 6.64. The molecule has 3 N–H and O–H groups in total. The molecule has 2 atom stereocenters. The molecule has 0 aromatic heterocycles. The van der Waals surface area contributed by atoms with Crippen LogP contribution in [0.3, 0.4) is 0 Å². The molecule has 1 fully saturated rings. The Bertz CT molecular complexity index is 424. The fourth-order valence-corrected chi connectivity index (χ4v) is 3.24. The molecule has 1 aromatic carbocycles. The molecule has 0 aliphatic heterocycles. The number of nitrogen functional groups attached to an aromatic ring is 1. The zero-order valence-electron chi connectivity index (χ0n) is 12.0. The minimum Gasteiger partial charge on any atom is -0.384 e. The van der Waals surface area contributed by atoms with Crippen LogP contribution in [0.2, 0.25) is 0 Å². The van der Waals surface area contributed by atoms with E-state index in [4.69, 9.17) is 11.1 Å². The minimum absolute atomic E-state index is 0.137. The molecule has 0 saturated heterocycles. The Morgan fingerprint density at radius 3 is 2.47 bits per heavy atom. The van der Waals surface area contributed by atoms with Crippen molar-refractivity contribution in [2.45, 2.75) is 45.1 Å². The fraction of sp³-hybridized carbons (Fsp3) is 0.562. The van der Waals surface area contributed by atoms with Crippen LogP contribution in [0.5, 0.6) is 0 Å². The lowest BCUT2D eigenvalue weighted by atomic mass is 9.82. The van der Waals surface area contributed by atoms with E-state index in [0.29, 0.717) is 6.04 Å². The number of benzene rings is 1. The number of anilines is 1. The third-order valence-electron chi connectivity index (χ3n) is 4.48. The maximum atomic E-state index is 7.43. The van der Waals surface area contributed by atoms with Crippen LogP contribution in [0, 0.1) is 11.3 Å². The lowest BCUT2D eigenvalue weighted by Crippen LogP contribution is -2.40. The van der Waals surface area contributed by atoms with E-state index in [9.17, 15) is 0 Å². The van der Waals surface area contributed by atoms with Gasteiger partial charge in [0.15, 0.2) is 0 Å². The number of amidine groups is 1. The molecule has 0 amide bonds. The highest BCUT2D eigenvalue weighted by atomic mass is 15.1. The molecule has 19 heavy (non-hydrogen) atoms. The van der Waals surface area contributed by atoms with Gasteiger partial charge in [0.05, 0.1) is 0 Å². The first-order chi connectivity index (χ1) is 9.13. The maximum Gasteiger partial charge on any atom is 0.122 e. The van der Waals surface area contributed by atoms with Gasteiger partial charge in [-0.1, -0.05) is 26.2 Å². The average molecular weight is 259 g/mol. The van der Waals surface area contributed by atoms with E-state index < -0.39 is 0 Å². The third kappa shape index (κ3) is 3.09. The van der Waals surface area contributed by atoms with Gasteiger partial charge in [-0.2, -0.15) is 0 Å². The molecule has 0 spiro atoms. The van der Waals surface area contributed by atoms with Crippen molar-refractivity contribution >= 4 is 11.5 Å². The van der Waals surface area contributed by atoms with E-state index in [-0.39, 0.29) is 5.84 Å². The monoisotopic (exact) mass is 259 g/mol. The van der Waals surface area contributed by atoms with Gasteiger partial charge >= 0.3 is 0 Å². The molecule has 1 aliphatic rings. The quantitative estimate of drug-likeness (QED) is 0.643. The van der Waals surface area contributed by atoms with Gasteiger partial charge in [-0.05, 0) is 43.0 Å². The number of hydrogen-bond donors (Lipinski definition) is 2. The summed E-state index contributed by atoms with van der Waals surface area (Å²) in [6, 6.07) is 8.70. The van der Waals surface area contributed by atoms with Crippen molar-refractivity contribution in [2.75, 3.05) is 11.9 Å². The van der Waals surface area contributed by atoms with Crippen LogP contribution in [-0.2, 0) is 0 Å². The van der Waals surface area contributed by atoms with E-state index in [2.05, 4.69) is 31.0 Å². The van der Waals surface area contributed by atoms with Crippen molar-refractivity contribution in [3.8, 4) is 0 Å². The molecule has 1 aromatic rings. The molecule has 104 valence electrons. The summed E-state index contributed by atoms with van der Waals surface area (Å²) in [5, 5.41) is 7.43. The SMILES string of the molecule is CCC1CCCCC1N(C)c1ccc(C(=N)N)cc1. The summed E-state index contributed by atoms with van der Waals surface area (Å²) in [6.45, 7) is 2.30. The molecule has 0 heterocycles. The average Bonchev–Trinajstić information content (AvgIpc) is 2.46. The summed E-state index contributed by atoms with van der Waals surface area (Å²) < 4.78 is 0. The van der Waals surface area contributed by atoms with Crippen molar-refractivity contribution in [3.63, 3.8) is 0 Å². The molecule has 2 unspecified atom stereocenters. The van der Waals surface area contributed by atoms with Gasteiger partial charge < -0.3 is 10.6 Å². The van der Waals surface area contributed by atoms with Gasteiger partial charge in [0.25, 0.3) is 0 Å².